The highest BCUT2D eigenvalue weighted by Gasteiger charge is 1.92. The molecule has 0 saturated heterocycles. The number of nitrogens with two attached hydrogens (primary N) is 1. The van der Waals surface area contributed by atoms with Crippen LogP contribution in [0.4, 0.5) is 0 Å². The van der Waals surface area contributed by atoms with Crippen molar-refractivity contribution in [3.63, 3.8) is 0 Å². The highest BCUT2D eigenvalue weighted by molar-refractivity contribution is 7.69. The number of nitrogens with zero attached hydrogens (tertiary/aromatic N) is 1. The number of aromatic nitrogens is 1. The van der Waals surface area contributed by atoms with E-state index in [1.807, 2.05) is 30.3 Å². The normalized spacial score (nSPS) is 9.73. The smallest absolute Gasteiger partial charge is 0.211 e. The van der Waals surface area contributed by atoms with Gasteiger partial charge in [-0.25, -0.2) is 18.5 Å². The van der Waals surface area contributed by atoms with E-state index >= 15 is 0 Å². The molecule has 6 heteroatoms. The van der Waals surface area contributed by atoms with Crippen LogP contribution in [0.2, 0.25) is 0 Å². The monoisotopic (exact) mass is 226 g/mol. The first kappa shape index (κ1) is 11.4. The van der Waals surface area contributed by atoms with Crippen LogP contribution in [0.1, 0.15) is 0 Å². The van der Waals surface area contributed by atoms with E-state index in [1.54, 1.807) is 6.07 Å². The largest absolute Gasteiger partial charge is 0.493 e. The van der Waals surface area contributed by atoms with E-state index < -0.39 is 10.9 Å². The number of hydrogen-bond acceptors (Lipinski definition) is 4. The van der Waals surface area contributed by atoms with Crippen LogP contribution in [0.3, 0.4) is 0 Å². The third-order valence-corrected chi connectivity index (χ3v) is 1.58. The molecule has 0 aliphatic rings. The Bertz CT molecular complexity index is 518. The minimum atomic E-state index is -2.62. The molecule has 3 N–H and O–H groups in total. The summed E-state index contributed by atoms with van der Waals surface area (Å²) in [5.74, 6) is 0.0729. The van der Waals surface area contributed by atoms with Gasteiger partial charge in [0.15, 0.2) is 10.9 Å². The van der Waals surface area contributed by atoms with Gasteiger partial charge in [0.05, 0.1) is 5.52 Å². The van der Waals surface area contributed by atoms with Gasteiger partial charge in [0.2, 0.25) is 5.88 Å². The fourth-order valence-corrected chi connectivity index (χ4v) is 1.06. The Morgan fingerprint density at radius 3 is 2.40 bits per heavy atom. The zero-order valence-corrected chi connectivity index (χ0v) is 8.59. The van der Waals surface area contributed by atoms with E-state index in [0.29, 0.717) is 0 Å². The lowest BCUT2D eigenvalue weighted by atomic mass is 10.2. The molecule has 0 spiro atoms. The zero-order chi connectivity index (χ0) is 11.3. The molecule has 0 atom stereocenters. The van der Waals surface area contributed by atoms with Gasteiger partial charge < -0.3 is 5.11 Å². The standard InChI is InChI=1S/C9H7NO.H3NO2S/c11-9-6-5-7-3-1-2-4-8(7)10-9;1-4(2)3/h1-6H,(H,10,11);4H,(H2,1,2,3). The summed E-state index contributed by atoms with van der Waals surface area (Å²) in [6.07, 6.45) is 0. The lowest BCUT2D eigenvalue weighted by Gasteiger charge is -1.95. The first-order chi connectivity index (χ1) is 7.09. The maximum atomic E-state index is 9.02. The molecule has 1 heterocycles. The van der Waals surface area contributed by atoms with Crippen molar-refractivity contribution in [2.45, 2.75) is 0 Å². The van der Waals surface area contributed by atoms with E-state index in [9.17, 15) is 0 Å². The minimum absolute atomic E-state index is 0.0729. The molecule has 2 aromatic rings. The molecule has 15 heavy (non-hydrogen) atoms. The number of rotatable bonds is 0. The molecule has 0 fully saturated rings. The summed E-state index contributed by atoms with van der Waals surface area (Å²) in [6.45, 7) is 0. The van der Waals surface area contributed by atoms with Crippen molar-refractivity contribution < 1.29 is 13.5 Å². The summed E-state index contributed by atoms with van der Waals surface area (Å²) < 4.78 is 17.6. The molecule has 80 valence electrons. The van der Waals surface area contributed by atoms with Gasteiger partial charge in [0, 0.05) is 11.5 Å². The highest BCUT2D eigenvalue weighted by Crippen LogP contribution is 2.14. The molecule has 0 unspecified atom stereocenters. The Morgan fingerprint density at radius 1 is 1.13 bits per heavy atom. The third kappa shape index (κ3) is 3.92. The molecule has 0 amide bonds. The number of benzene rings is 1. The molecular weight excluding hydrogens is 216 g/mol. The summed E-state index contributed by atoms with van der Waals surface area (Å²) >= 11 is 0. The van der Waals surface area contributed by atoms with Crippen molar-refractivity contribution in [2.24, 2.45) is 5.14 Å². The number of thiol groups is 1. The topological polar surface area (TPSA) is 93.3 Å². The van der Waals surface area contributed by atoms with Gasteiger partial charge in [0.25, 0.3) is 0 Å². The molecule has 2 rings (SSSR count). The highest BCUT2D eigenvalue weighted by atomic mass is 32.2. The number of hydrogen-bond donors (Lipinski definition) is 3. The predicted octanol–water partition coefficient (Wildman–Crippen LogP) is 0.412. The lowest BCUT2D eigenvalue weighted by Crippen LogP contribution is -1.85. The average molecular weight is 226 g/mol. The maximum absolute atomic E-state index is 9.02. The second kappa shape index (κ2) is 5.28. The van der Waals surface area contributed by atoms with Crippen molar-refractivity contribution in [2.75, 3.05) is 0 Å². The van der Waals surface area contributed by atoms with Crippen LogP contribution >= 0.6 is 0 Å². The van der Waals surface area contributed by atoms with E-state index in [0.717, 1.165) is 10.9 Å². The third-order valence-electron chi connectivity index (χ3n) is 1.58. The summed E-state index contributed by atoms with van der Waals surface area (Å²) in [4.78, 5) is 3.93. The Labute approximate surface area is 88.3 Å². The number of fused-ring (bicyclic) bond motifs is 1. The van der Waals surface area contributed by atoms with Gasteiger partial charge >= 0.3 is 0 Å². The first-order valence-corrected chi connectivity index (χ1v) is 5.28. The summed E-state index contributed by atoms with van der Waals surface area (Å²) in [5, 5.41) is 14.1. The molecular formula is C9H10N2O3S. The van der Waals surface area contributed by atoms with Crippen molar-refractivity contribution >= 4 is 21.8 Å². The minimum Gasteiger partial charge on any atom is -0.493 e. The van der Waals surface area contributed by atoms with Gasteiger partial charge in [0.1, 0.15) is 0 Å². The molecule has 0 bridgehead atoms. The van der Waals surface area contributed by atoms with Crippen molar-refractivity contribution in [1.29, 1.82) is 0 Å². The quantitative estimate of drug-likeness (QED) is 0.567. The number of pyridine rings is 1. The summed E-state index contributed by atoms with van der Waals surface area (Å²) in [5.41, 5.74) is 0.826. The molecule has 0 aliphatic heterocycles. The van der Waals surface area contributed by atoms with Gasteiger partial charge in [-0.3, -0.25) is 0 Å². The van der Waals surface area contributed by atoms with Gasteiger partial charge in [-0.2, -0.15) is 0 Å². The van der Waals surface area contributed by atoms with Crippen LogP contribution in [0.5, 0.6) is 5.88 Å². The van der Waals surface area contributed by atoms with Crippen LogP contribution in [0.25, 0.3) is 10.9 Å². The lowest BCUT2D eigenvalue weighted by molar-refractivity contribution is 0.456. The van der Waals surface area contributed by atoms with Crippen molar-refractivity contribution in [1.82, 2.24) is 4.98 Å². The average Bonchev–Trinajstić information content (AvgIpc) is 2.16. The van der Waals surface area contributed by atoms with E-state index in [4.69, 9.17) is 13.5 Å². The van der Waals surface area contributed by atoms with Gasteiger partial charge in [-0.05, 0) is 12.1 Å². The fourth-order valence-electron chi connectivity index (χ4n) is 1.06. The molecule has 1 aromatic heterocycles. The van der Waals surface area contributed by atoms with E-state index in [2.05, 4.69) is 10.1 Å². The van der Waals surface area contributed by atoms with Crippen LogP contribution in [0.15, 0.2) is 36.4 Å². The Balaban J connectivity index is 0.000000245. The molecule has 0 radical (unpaired) electrons. The van der Waals surface area contributed by atoms with Crippen molar-refractivity contribution in [3.05, 3.63) is 36.4 Å². The first-order valence-electron chi connectivity index (χ1n) is 4.03. The number of para-hydroxylation sites is 1. The van der Waals surface area contributed by atoms with Crippen LogP contribution in [0, 0.1) is 0 Å². The zero-order valence-electron chi connectivity index (χ0n) is 7.70. The molecule has 0 saturated carbocycles. The molecule has 0 aliphatic carbocycles. The van der Waals surface area contributed by atoms with E-state index in [1.165, 1.54) is 0 Å². The van der Waals surface area contributed by atoms with Crippen LogP contribution in [-0.4, -0.2) is 18.5 Å². The summed E-state index contributed by atoms with van der Waals surface area (Å²) in [7, 11) is -2.62. The van der Waals surface area contributed by atoms with Crippen LogP contribution in [-0.2, 0) is 10.9 Å². The number of aromatic hydroxyl groups is 1. The fraction of sp³-hybridized carbons (Fsp3) is 0. The maximum Gasteiger partial charge on any atom is 0.211 e. The second-order valence-corrected chi connectivity index (χ2v) is 3.22. The van der Waals surface area contributed by atoms with Crippen LogP contribution < -0.4 is 5.14 Å². The SMILES string of the molecule is N[SH](=O)=O.Oc1ccc2ccccc2n1. The van der Waals surface area contributed by atoms with E-state index in [-0.39, 0.29) is 5.88 Å². The van der Waals surface area contributed by atoms with Crippen molar-refractivity contribution in [3.8, 4) is 5.88 Å². The molecule has 1 aromatic carbocycles. The van der Waals surface area contributed by atoms with Gasteiger partial charge in [-0.15, -0.1) is 0 Å². The summed E-state index contributed by atoms with van der Waals surface area (Å²) in [6, 6.07) is 11.1. The second-order valence-electron chi connectivity index (χ2n) is 2.65. The molecule has 5 nitrogen and oxygen atoms in total. The Kier molecular flexibility index (Phi) is 4.02. The Morgan fingerprint density at radius 2 is 1.73 bits per heavy atom. The Hall–Kier alpha value is -1.66. The predicted molar refractivity (Wildman–Crippen MR) is 57.9 cm³/mol. The van der Waals surface area contributed by atoms with Gasteiger partial charge in [-0.1, -0.05) is 18.2 Å².